The van der Waals surface area contributed by atoms with Gasteiger partial charge in [-0.1, -0.05) is 6.07 Å². The number of carbonyl (C=O) groups excluding carboxylic acids is 1. The molecule has 10 heteroatoms. The maximum Gasteiger partial charge on any atom is 0.416 e. The maximum absolute atomic E-state index is 12.7. The van der Waals surface area contributed by atoms with Gasteiger partial charge in [0.15, 0.2) is 0 Å². The Labute approximate surface area is 146 Å². The predicted molar refractivity (Wildman–Crippen MR) is 88.8 cm³/mol. The van der Waals surface area contributed by atoms with Crippen molar-refractivity contribution < 1.29 is 22.9 Å². The largest absolute Gasteiger partial charge is 0.416 e. The smallest absolute Gasteiger partial charge is 0.379 e. The molecule has 1 aromatic heterocycles. The van der Waals surface area contributed by atoms with Crippen LogP contribution in [0.2, 0.25) is 0 Å². The molecule has 0 bridgehead atoms. The van der Waals surface area contributed by atoms with Crippen LogP contribution in [0.5, 0.6) is 0 Å². The number of anilines is 2. The average Bonchev–Trinajstić information content (AvgIpc) is 2.56. The summed E-state index contributed by atoms with van der Waals surface area (Å²) in [5.74, 6) is 0.0203. The number of nitrogens with one attached hydrogen (secondary N) is 2. The molecule has 26 heavy (non-hydrogen) atoms. The number of aryl methyl sites for hydroxylation is 1. The van der Waals surface area contributed by atoms with Crippen molar-refractivity contribution in [3.05, 3.63) is 57.8 Å². The third kappa shape index (κ3) is 4.91. The molecule has 7 nitrogen and oxygen atoms in total. The molecule has 0 radical (unpaired) electrons. The highest BCUT2D eigenvalue weighted by Crippen LogP contribution is 2.34. The number of nitro groups is 1. The zero-order valence-electron chi connectivity index (χ0n) is 13.6. The lowest BCUT2D eigenvalue weighted by Gasteiger charge is -2.11. The van der Waals surface area contributed by atoms with Gasteiger partial charge >= 0.3 is 6.18 Å². The van der Waals surface area contributed by atoms with Crippen LogP contribution < -0.4 is 10.6 Å². The number of amides is 1. The van der Waals surface area contributed by atoms with Crippen molar-refractivity contribution >= 4 is 23.1 Å². The standard InChI is InChI=1S/C16H15F3N4O3/c1-10-3-2-7-21-15(10)22-14(24)6-8-20-12-5-4-11(16(17,18)19)9-13(12)23(25)26/h2-5,7,9,20H,6,8H2,1H3,(H,21,22,24). The van der Waals surface area contributed by atoms with Crippen LogP contribution in [0.1, 0.15) is 17.5 Å². The third-order valence-corrected chi connectivity index (χ3v) is 3.46. The number of halogens is 3. The molecule has 0 saturated heterocycles. The monoisotopic (exact) mass is 368 g/mol. The second-order valence-corrected chi connectivity index (χ2v) is 5.38. The molecule has 2 aromatic rings. The highest BCUT2D eigenvalue weighted by Gasteiger charge is 2.33. The normalized spacial score (nSPS) is 11.1. The van der Waals surface area contributed by atoms with E-state index >= 15 is 0 Å². The summed E-state index contributed by atoms with van der Waals surface area (Å²) >= 11 is 0. The van der Waals surface area contributed by atoms with Gasteiger partial charge in [0.1, 0.15) is 11.5 Å². The Morgan fingerprint density at radius 2 is 2.04 bits per heavy atom. The van der Waals surface area contributed by atoms with E-state index in [0.717, 1.165) is 17.7 Å². The summed E-state index contributed by atoms with van der Waals surface area (Å²) in [7, 11) is 0. The van der Waals surface area contributed by atoms with Gasteiger partial charge in [0.25, 0.3) is 5.69 Å². The van der Waals surface area contributed by atoms with Crippen molar-refractivity contribution in [3.8, 4) is 0 Å². The van der Waals surface area contributed by atoms with Crippen molar-refractivity contribution in [2.75, 3.05) is 17.2 Å². The molecule has 2 rings (SSSR count). The van der Waals surface area contributed by atoms with Crippen molar-refractivity contribution in [2.24, 2.45) is 0 Å². The van der Waals surface area contributed by atoms with Gasteiger partial charge < -0.3 is 10.6 Å². The van der Waals surface area contributed by atoms with E-state index in [-0.39, 0.29) is 24.6 Å². The van der Waals surface area contributed by atoms with E-state index in [9.17, 15) is 28.1 Å². The number of rotatable bonds is 6. The molecule has 0 aliphatic heterocycles. The number of hydrogen-bond acceptors (Lipinski definition) is 5. The second kappa shape index (κ2) is 7.81. The number of alkyl halides is 3. The average molecular weight is 368 g/mol. The highest BCUT2D eigenvalue weighted by atomic mass is 19.4. The first-order chi connectivity index (χ1) is 12.2. The van der Waals surface area contributed by atoms with Gasteiger partial charge in [0.2, 0.25) is 5.91 Å². The summed E-state index contributed by atoms with van der Waals surface area (Å²) in [6, 6.07) is 5.66. The van der Waals surface area contributed by atoms with E-state index in [2.05, 4.69) is 15.6 Å². The van der Waals surface area contributed by atoms with E-state index in [4.69, 9.17) is 0 Å². The van der Waals surface area contributed by atoms with Gasteiger partial charge in [0.05, 0.1) is 10.5 Å². The Kier molecular flexibility index (Phi) is 5.75. The lowest BCUT2D eigenvalue weighted by atomic mass is 10.1. The Morgan fingerprint density at radius 3 is 2.65 bits per heavy atom. The Morgan fingerprint density at radius 1 is 1.31 bits per heavy atom. The molecule has 1 heterocycles. The molecule has 0 saturated carbocycles. The molecule has 0 spiro atoms. The van der Waals surface area contributed by atoms with Crippen molar-refractivity contribution in [1.82, 2.24) is 4.98 Å². The van der Waals surface area contributed by atoms with Crippen LogP contribution in [-0.4, -0.2) is 22.4 Å². The number of nitrogens with zero attached hydrogens (tertiary/aromatic N) is 2. The fourth-order valence-electron chi connectivity index (χ4n) is 2.13. The third-order valence-electron chi connectivity index (χ3n) is 3.46. The first-order valence-corrected chi connectivity index (χ1v) is 7.49. The van der Waals surface area contributed by atoms with Crippen molar-refractivity contribution in [3.63, 3.8) is 0 Å². The zero-order valence-corrected chi connectivity index (χ0v) is 13.6. The topological polar surface area (TPSA) is 97.2 Å². The molecule has 2 N–H and O–H groups in total. The summed E-state index contributed by atoms with van der Waals surface area (Å²) in [5.41, 5.74) is -1.14. The Hall–Kier alpha value is -3.17. The Balaban J connectivity index is 2.00. The molecule has 0 aliphatic rings. The van der Waals surface area contributed by atoms with Crippen LogP contribution >= 0.6 is 0 Å². The van der Waals surface area contributed by atoms with Gasteiger partial charge in [-0.05, 0) is 30.7 Å². The highest BCUT2D eigenvalue weighted by molar-refractivity contribution is 5.90. The van der Waals surface area contributed by atoms with Crippen LogP contribution in [0.3, 0.4) is 0 Å². The zero-order chi connectivity index (χ0) is 19.3. The molecular formula is C16H15F3N4O3. The molecule has 138 valence electrons. The first kappa shape index (κ1) is 19.2. The summed E-state index contributed by atoms with van der Waals surface area (Å²) in [6.45, 7) is 1.77. The van der Waals surface area contributed by atoms with Crippen LogP contribution in [-0.2, 0) is 11.0 Å². The van der Waals surface area contributed by atoms with E-state index in [1.54, 1.807) is 19.1 Å². The number of pyridine rings is 1. The van der Waals surface area contributed by atoms with Gasteiger partial charge in [-0.3, -0.25) is 14.9 Å². The number of hydrogen-bond donors (Lipinski definition) is 2. The predicted octanol–water partition coefficient (Wildman–Crippen LogP) is 3.76. The minimum absolute atomic E-state index is 0.00389. The second-order valence-electron chi connectivity index (χ2n) is 5.38. The summed E-state index contributed by atoms with van der Waals surface area (Å²) in [4.78, 5) is 26.0. The van der Waals surface area contributed by atoms with Gasteiger partial charge in [-0.15, -0.1) is 0 Å². The lowest BCUT2D eigenvalue weighted by Crippen LogP contribution is -2.18. The SMILES string of the molecule is Cc1cccnc1NC(=O)CCNc1ccc(C(F)(F)F)cc1[N+](=O)[O-]. The van der Waals surface area contributed by atoms with Crippen LogP contribution in [0.15, 0.2) is 36.5 Å². The van der Waals surface area contributed by atoms with E-state index < -0.39 is 22.4 Å². The molecule has 0 unspecified atom stereocenters. The van der Waals surface area contributed by atoms with Crippen molar-refractivity contribution in [2.45, 2.75) is 19.5 Å². The lowest BCUT2D eigenvalue weighted by molar-refractivity contribution is -0.384. The number of nitro benzene ring substituents is 1. The molecule has 1 amide bonds. The van der Waals surface area contributed by atoms with E-state index in [1.807, 2.05) is 0 Å². The number of aromatic nitrogens is 1. The molecule has 0 aliphatic carbocycles. The molecule has 0 fully saturated rings. The van der Waals surface area contributed by atoms with Gasteiger partial charge in [0, 0.05) is 25.2 Å². The quantitative estimate of drug-likeness (QED) is 0.598. The van der Waals surface area contributed by atoms with Gasteiger partial charge in [-0.2, -0.15) is 13.2 Å². The van der Waals surface area contributed by atoms with Gasteiger partial charge in [-0.25, -0.2) is 4.98 Å². The maximum atomic E-state index is 12.7. The van der Waals surface area contributed by atoms with Crippen LogP contribution in [0.25, 0.3) is 0 Å². The fourth-order valence-corrected chi connectivity index (χ4v) is 2.13. The number of carbonyl (C=O) groups is 1. The summed E-state index contributed by atoms with van der Waals surface area (Å²) in [6.07, 6.45) is -3.20. The first-order valence-electron chi connectivity index (χ1n) is 7.49. The van der Waals surface area contributed by atoms with E-state index in [0.29, 0.717) is 11.9 Å². The summed E-state index contributed by atoms with van der Waals surface area (Å²) in [5, 5.41) is 16.2. The molecule has 0 atom stereocenters. The minimum atomic E-state index is -4.68. The summed E-state index contributed by atoms with van der Waals surface area (Å²) < 4.78 is 38.0. The molecular weight excluding hydrogens is 353 g/mol. The van der Waals surface area contributed by atoms with Crippen LogP contribution in [0.4, 0.5) is 30.4 Å². The van der Waals surface area contributed by atoms with E-state index in [1.165, 1.54) is 6.20 Å². The van der Waals surface area contributed by atoms with Crippen molar-refractivity contribution in [1.29, 1.82) is 0 Å². The minimum Gasteiger partial charge on any atom is -0.379 e. The fraction of sp³-hybridized carbons (Fsp3) is 0.250. The van der Waals surface area contributed by atoms with Crippen LogP contribution in [0, 0.1) is 17.0 Å². The Bertz CT molecular complexity index is 825. The number of benzene rings is 1. The molecule has 1 aromatic carbocycles.